The lowest BCUT2D eigenvalue weighted by atomic mass is 10.1. The van der Waals surface area contributed by atoms with Gasteiger partial charge < -0.3 is 25.2 Å². The number of phenols is 1. The summed E-state index contributed by atoms with van der Waals surface area (Å²) in [5, 5.41) is 31.6. The van der Waals surface area contributed by atoms with E-state index in [9.17, 15) is 14.4 Å². The SMILES string of the molecule is C#CC.C/C=C/C(C)=O.C=C(C)C(=O)O.C=C1CC(CC)OC1=C.C=CC(=O)O.C=CO.C=Cc1ccc(O)cc1.CC.CCC. The monoisotopic (exact) mass is 644 g/mol. The molecule has 0 amide bonds. The van der Waals surface area contributed by atoms with Crippen molar-refractivity contribution in [2.75, 3.05) is 0 Å². The third-order valence-corrected chi connectivity index (χ3v) is 3.70. The molecule has 8 heteroatoms. The van der Waals surface area contributed by atoms with E-state index in [1.165, 1.54) is 26.3 Å². The number of aliphatic hydroxyl groups is 1. The zero-order valence-corrected chi connectivity index (χ0v) is 29.6. The van der Waals surface area contributed by atoms with Crippen LogP contribution in [0.1, 0.15) is 87.1 Å². The minimum Gasteiger partial charge on any atom is -0.516 e. The van der Waals surface area contributed by atoms with Crippen LogP contribution in [0, 0.1) is 12.3 Å². The molecule has 0 aliphatic carbocycles. The van der Waals surface area contributed by atoms with Gasteiger partial charge in [-0.3, -0.25) is 4.79 Å². The Bertz CT molecular complexity index is 1010. The topological polar surface area (TPSA) is 141 Å². The number of terminal acetylenes is 1. The van der Waals surface area contributed by atoms with Crippen molar-refractivity contribution in [3.8, 4) is 18.1 Å². The standard InChI is InChI=1S/C8H12O.C8H8O.C5H8O.C4H6O2.C3H4O2.C3H8.C3H4.C2H4O.C2H6/c1-4-8-5-6(2)7(3)9-8;1-2-7-3-5-8(9)6-4-7;1-3-4-5(2)6;1-3(2)4(5)6;1-2-3(4)5;2*1-3-2;1-2-3;1-2/h8H,2-5H2,1H3;2-6,9H,1H2;3-4H,1-2H3;1H2,2H3,(H,5,6);2H,1H2,(H,4,5);3H2,1-2H3;1H,2H3;2-3H,1H2;1-2H3/b;;4-3+;;;;;;. The Balaban J connectivity index is -0.0000000777. The van der Waals surface area contributed by atoms with Crippen molar-refractivity contribution >= 4 is 23.8 Å². The summed E-state index contributed by atoms with van der Waals surface area (Å²) in [7, 11) is 0. The summed E-state index contributed by atoms with van der Waals surface area (Å²) in [6.07, 6.45) is 14.8. The van der Waals surface area contributed by atoms with Crippen LogP contribution in [0.15, 0.2) is 105 Å². The zero-order valence-electron chi connectivity index (χ0n) is 29.6. The second-order valence-corrected chi connectivity index (χ2v) is 8.09. The molecule has 0 spiro atoms. The highest BCUT2D eigenvalue weighted by Crippen LogP contribution is 2.27. The number of carbonyl (C=O) groups excluding carboxylic acids is 1. The first-order valence-corrected chi connectivity index (χ1v) is 14.4. The van der Waals surface area contributed by atoms with E-state index in [0.717, 1.165) is 42.1 Å². The summed E-state index contributed by atoms with van der Waals surface area (Å²) in [6.45, 7) is 36.9. The molecule has 4 N–H and O–H groups in total. The van der Waals surface area contributed by atoms with E-state index in [2.05, 4.69) is 72.6 Å². The highest BCUT2D eigenvalue weighted by atomic mass is 16.5. The number of carboxylic acids is 2. The van der Waals surface area contributed by atoms with Gasteiger partial charge >= 0.3 is 11.9 Å². The van der Waals surface area contributed by atoms with Crippen molar-refractivity contribution in [2.24, 2.45) is 0 Å². The van der Waals surface area contributed by atoms with Crippen molar-refractivity contribution in [3.63, 3.8) is 0 Å². The second-order valence-electron chi connectivity index (χ2n) is 8.09. The Labute approximate surface area is 279 Å². The van der Waals surface area contributed by atoms with Gasteiger partial charge in [0.2, 0.25) is 0 Å². The Kier molecular flexibility index (Phi) is 57.8. The fourth-order valence-corrected chi connectivity index (χ4v) is 1.79. The molecule has 260 valence electrons. The lowest BCUT2D eigenvalue weighted by Crippen LogP contribution is -1.99. The molecule has 0 saturated carbocycles. The molecule has 2 rings (SSSR count). The Morgan fingerprint density at radius 2 is 1.37 bits per heavy atom. The normalized spacial score (nSPS) is 10.8. The van der Waals surface area contributed by atoms with Gasteiger partial charge in [-0.25, -0.2) is 9.59 Å². The molecular weight excluding hydrogens is 584 g/mol. The number of phenolic OH excluding ortho intramolecular Hbond substituents is 1. The summed E-state index contributed by atoms with van der Waals surface area (Å²) in [6, 6.07) is 6.89. The van der Waals surface area contributed by atoms with Gasteiger partial charge in [0, 0.05) is 18.1 Å². The number of rotatable bonds is 5. The fraction of sp³-hybridized carbons (Fsp3) is 0.342. The van der Waals surface area contributed by atoms with Gasteiger partial charge in [0.15, 0.2) is 5.78 Å². The lowest BCUT2D eigenvalue weighted by Gasteiger charge is -2.03. The number of ether oxygens (including phenoxy) is 1. The number of hydrogen-bond donors (Lipinski definition) is 4. The summed E-state index contributed by atoms with van der Waals surface area (Å²) < 4.78 is 5.33. The van der Waals surface area contributed by atoms with Crippen LogP contribution in [-0.4, -0.2) is 44.3 Å². The molecule has 8 nitrogen and oxygen atoms in total. The van der Waals surface area contributed by atoms with Crippen LogP contribution in [0.5, 0.6) is 5.75 Å². The number of carbonyl (C=O) groups is 3. The maximum atomic E-state index is 9.96. The largest absolute Gasteiger partial charge is 0.516 e. The number of aliphatic carboxylic acids is 2. The average molecular weight is 645 g/mol. The van der Waals surface area contributed by atoms with Gasteiger partial charge in [-0.1, -0.05) is 105 Å². The number of ketones is 1. The third kappa shape index (κ3) is 62.6. The van der Waals surface area contributed by atoms with Crippen molar-refractivity contribution in [3.05, 3.63) is 111 Å². The lowest BCUT2D eigenvalue weighted by molar-refractivity contribution is -0.133. The van der Waals surface area contributed by atoms with Crippen molar-refractivity contribution < 1.29 is 39.5 Å². The molecule has 1 atom stereocenters. The maximum absolute atomic E-state index is 9.96. The molecule has 0 radical (unpaired) electrons. The number of allylic oxidation sites excluding steroid dienone is 3. The highest BCUT2D eigenvalue weighted by molar-refractivity contribution is 5.87. The van der Waals surface area contributed by atoms with Crippen molar-refractivity contribution in [2.45, 2.75) is 87.7 Å². The van der Waals surface area contributed by atoms with Crippen molar-refractivity contribution in [1.82, 2.24) is 0 Å². The molecule has 0 aromatic heterocycles. The van der Waals surface area contributed by atoms with Gasteiger partial charge in [-0.15, -0.1) is 12.3 Å². The maximum Gasteiger partial charge on any atom is 0.330 e. The minimum atomic E-state index is -0.981. The Morgan fingerprint density at radius 3 is 1.50 bits per heavy atom. The summed E-state index contributed by atoms with van der Waals surface area (Å²) in [4.78, 5) is 28.8. The van der Waals surface area contributed by atoms with Gasteiger partial charge in [-0.2, -0.15) is 0 Å². The molecule has 1 saturated heterocycles. The molecule has 1 aromatic rings. The summed E-state index contributed by atoms with van der Waals surface area (Å²) in [5.41, 5.74) is 2.25. The molecule has 0 bridgehead atoms. The van der Waals surface area contributed by atoms with Gasteiger partial charge in [0.05, 0.1) is 6.26 Å². The Morgan fingerprint density at radius 1 is 1.02 bits per heavy atom. The van der Waals surface area contributed by atoms with E-state index in [1.54, 1.807) is 31.2 Å². The van der Waals surface area contributed by atoms with E-state index < -0.39 is 11.9 Å². The fourth-order valence-electron chi connectivity index (χ4n) is 1.79. The van der Waals surface area contributed by atoms with E-state index in [0.29, 0.717) is 11.9 Å². The molecule has 1 unspecified atom stereocenters. The van der Waals surface area contributed by atoms with Gasteiger partial charge in [0.1, 0.15) is 17.6 Å². The van der Waals surface area contributed by atoms with Crippen LogP contribution < -0.4 is 0 Å². The first-order chi connectivity index (χ1) is 21.5. The van der Waals surface area contributed by atoms with Crippen LogP contribution in [0.4, 0.5) is 0 Å². The van der Waals surface area contributed by atoms with E-state index in [1.807, 2.05) is 32.9 Å². The molecular formula is C38H60O8. The van der Waals surface area contributed by atoms with E-state index in [4.69, 9.17) is 25.2 Å². The molecule has 46 heavy (non-hydrogen) atoms. The van der Waals surface area contributed by atoms with Gasteiger partial charge in [-0.05, 0) is 63.5 Å². The van der Waals surface area contributed by atoms with Crippen LogP contribution in [0.2, 0.25) is 0 Å². The molecule has 1 fully saturated rings. The van der Waals surface area contributed by atoms with Crippen LogP contribution >= 0.6 is 0 Å². The van der Waals surface area contributed by atoms with Crippen molar-refractivity contribution in [1.29, 1.82) is 0 Å². The molecule has 1 aliphatic rings. The summed E-state index contributed by atoms with van der Waals surface area (Å²) in [5.74, 6) is 1.51. The average Bonchev–Trinajstić information content (AvgIpc) is 3.34. The molecule has 1 aliphatic heterocycles. The minimum absolute atomic E-state index is 0.109. The van der Waals surface area contributed by atoms with Gasteiger partial charge in [0.25, 0.3) is 0 Å². The van der Waals surface area contributed by atoms with E-state index >= 15 is 0 Å². The first kappa shape index (κ1) is 56.7. The van der Waals surface area contributed by atoms with Crippen LogP contribution in [0.3, 0.4) is 0 Å². The quantitative estimate of drug-likeness (QED) is 0.141. The number of aliphatic hydroxyl groups excluding tert-OH is 1. The second kappa shape index (κ2) is 46.9. The summed E-state index contributed by atoms with van der Waals surface area (Å²) >= 11 is 0. The van der Waals surface area contributed by atoms with Crippen LogP contribution in [-0.2, 0) is 19.1 Å². The number of aromatic hydroxyl groups is 1. The van der Waals surface area contributed by atoms with Crippen LogP contribution in [0.25, 0.3) is 6.08 Å². The zero-order chi connectivity index (χ0) is 38.1. The van der Waals surface area contributed by atoms with E-state index in [-0.39, 0.29) is 11.4 Å². The molecule has 1 aromatic carbocycles. The number of hydrogen-bond acceptors (Lipinski definition) is 6. The molecule has 1 heterocycles. The number of benzene rings is 1. The Hall–Kier alpha value is -5.03. The predicted molar refractivity (Wildman–Crippen MR) is 197 cm³/mol. The predicted octanol–water partition coefficient (Wildman–Crippen LogP) is 10.1. The highest BCUT2D eigenvalue weighted by Gasteiger charge is 2.20. The third-order valence-electron chi connectivity index (χ3n) is 3.70. The first-order valence-electron chi connectivity index (χ1n) is 14.4. The number of carboxylic acid groups (broad SMARTS) is 2. The smallest absolute Gasteiger partial charge is 0.330 e.